The average molecular weight is 656 g/mol. The van der Waals surface area contributed by atoms with Gasteiger partial charge >= 0.3 is 0 Å². The normalized spacial score (nSPS) is 21.2. The molecule has 3 aromatic rings. The summed E-state index contributed by atoms with van der Waals surface area (Å²) < 4.78 is 5.63. The Morgan fingerprint density at radius 2 is 1.67 bits per heavy atom. The van der Waals surface area contributed by atoms with Crippen molar-refractivity contribution < 1.29 is 23.9 Å². The van der Waals surface area contributed by atoms with Crippen LogP contribution in [0.5, 0.6) is 0 Å². The first-order valence-corrected chi connectivity index (χ1v) is 17.7. The topological polar surface area (TPSA) is 113 Å². The molecule has 1 saturated heterocycles. The number of ketones is 2. The Labute approximate surface area is 285 Å². The fraction of sp³-hybridized carbons (Fsp3) is 0.550. The van der Waals surface area contributed by atoms with Crippen molar-refractivity contribution in [2.45, 2.75) is 110 Å². The number of amides is 1. The highest BCUT2D eigenvalue weighted by atomic mass is 16.4. The summed E-state index contributed by atoms with van der Waals surface area (Å²) in [5, 5.41) is 15.1. The maximum Gasteiger partial charge on any atom is 0.237 e. The number of likely N-dealkylation sites (tertiary alicyclic amines) is 1. The minimum atomic E-state index is -0.822. The molecule has 258 valence electrons. The van der Waals surface area contributed by atoms with Gasteiger partial charge in [0.2, 0.25) is 5.91 Å². The number of β-amino-alcohol motifs (C(OH)–C–C–N with tert-alkyl or cyclic N) is 1. The smallest absolute Gasteiger partial charge is 0.237 e. The van der Waals surface area contributed by atoms with Crippen molar-refractivity contribution in [2.24, 2.45) is 17.8 Å². The van der Waals surface area contributed by atoms with Crippen molar-refractivity contribution in [3.8, 4) is 0 Å². The number of aromatic nitrogens is 1. The van der Waals surface area contributed by atoms with Crippen LogP contribution in [0.1, 0.15) is 109 Å². The van der Waals surface area contributed by atoms with E-state index in [0.29, 0.717) is 54.0 Å². The first-order chi connectivity index (χ1) is 22.9. The van der Waals surface area contributed by atoms with Gasteiger partial charge in [0.05, 0.1) is 17.8 Å². The summed E-state index contributed by atoms with van der Waals surface area (Å²) in [5.41, 5.74) is 2.43. The molecule has 2 aliphatic rings. The summed E-state index contributed by atoms with van der Waals surface area (Å²) in [6.07, 6.45) is 6.08. The highest BCUT2D eigenvalue weighted by molar-refractivity contribution is 6.01. The third kappa shape index (κ3) is 9.50. The number of aliphatic hydroxyl groups is 1. The number of hydrogen-bond donors (Lipinski definition) is 2. The number of oxazole rings is 1. The predicted molar refractivity (Wildman–Crippen MR) is 187 cm³/mol. The molecule has 1 aromatic heterocycles. The van der Waals surface area contributed by atoms with Crippen LogP contribution in [0, 0.1) is 31.6 Å². The highest BCUT2D eigenvalue weighted by Crippen LogP contribution is 2.39. The lowest BCUT2D eigenvalue weighted by Crippen LogP contribution is -2.59. The van der Waals surface area contributed by atoms with E-state index < -0.39 is 6.10 Å². The second-order valence-electron chi connectivity index (χ2n) is 15.1. The number of Topliss-reactive ketones (excluding diaryl/α,β-unsaturated/α-hetero) is 2. The van der Waals surface area contributed by atoms with E-state index in [2.05, 4.69) is 15.2 Å². The molecule has 2 N–H and O–H groups in total. The van der Waals surface area contributed by atoms with Gasteiger partial charge in [-0.1, -0.05) is 67.8 Å². The molecule has 1 saturated carbocycles. The molecule has 0 unspecified atom stereocenters. The summed E-state index contributed by atoms with van der Waals surface area (Å²) in [6, 6.07) is 16.6. The molecule has 0 radical (unpaired) electrons. The minimum absolute atomic E-state index is 0.0181. The number of rotatable bonds is 13. The molecule has 0 spiro atoms. The molecule has 5 rings (SSSR count). The lowest BCUT2D eigenvalue weighted by atomic mass is 9.72. The SMILES string of the molecule is Cc1nc(C)c(CCC(=O)c2cccc(C(=O)C[C@@H](Cc3ccccc3)[C@H](O)CN3C[C@H]4CCCC[C@H]4C[C@H]3C(=O)NC(C)(C)C)c2)o1. The molecule has 2 aromatic carbocycles. The average Bonchev–Trinajstić information content (AvgIpc) is 3.38. The van der Waals surface area contributed by atoms with Crippen LogP contribution in [-0.4, -0.2) is 63.2 Å². The zero-order valence-corrected chi connectivity index (χ0v) is 29.3. The van der Waals surface area contributed by atoms with Crippen LogP contribution in [-0.2, 0) is 17.6 Å². The molecule has 8 heteroatoms. The van der Waals surface area contributed by atoms with Crippen LogP contribution in [0.15, 0.2) is 59.0 Å². The van der Waals surface area contributed by atoms with E-state index in [9.17, 15) is 19.5 Å². The zero-order valence-electron chi connectivity index (χ0n) is 29.3. The number of benzene rings is 2. The fourth-order valence-corrected chi connectivity index (χ4v) is 7.68. The van der Waals surface area contributed by atoms with Gasteiger partial charge in [0.15, 0.2) is 17.5 Å². The first kappa shape index (κ1) is 35.7. The Hall–Kier alpha value is -3.62. The van der Waals surface area contributed by atoms with Crippen molar-refractivity contribution in [1.29, 1.82) is 0 Å². The van der Waals surface area contributed by atoms with E-state index in [4.69, 9.17) is 4.42 Å². The molecule has 1 aliphatic heterocycles. The first-order valence-electron chi connectivity index (χ1n) is 17.7. The van der Waals surface area contributed by atoms with E-state index in [1.807, 2.05) is 58.0 Å². The van der Waals surface area contributed by atoms with Crippen molar-refractivity contribution in [2.75, 3.05) is 13.1 Å². The molecular weight excluding hydrogens is 602 g/mol. The molecule has 2 heterocycles. The standard InChI is InChI=1S/C40H53N3O5/c1-26-38(48-27(2)41-26)19-18-35(44)30-16-11-17-31(21-30)36(45)23-33(20-28-12-7-6-8-13-28)37(46)25-43-24-32-15-10-9-14-29(32)22-34(43)39(47)42-40(3,4)5/h6-8,11-13,16-17,21,29,32-34,37,46H,9-10,14-15,18-20,22-25H2,1-5H3,(H,42,47)/t29-,32+,33+,34-,37+/m0/s1. The molecule has 48 heavy (non-hydrogen) atoms. The molecule has 8 nitrogen and oxygen atoms in total. The van der Waals surface area contributed by atoms with Crippen LogP contribution in [0.25, 0.3) is 0 Å². The van der Waals surface area contributed by atoms with Crippen LogP contribution in [0.4, 0.5) is 0 Å². The van der Waals surface area contributed by atoms with Gasteiger partial charge in [-0.3, -0.25) is 19.3 Å². The quantitative estimate of drug-likeness (QED) is 0.197. The fourth-order valence-electron chi connectivity index (χ4n) is 7.68. The molecule has 1 amide bonds. The lowest BCUT2D eigenvalue weighted by Gasteiger charge is -2.47. The Kier molecular flexibility index (Phi) is 11.7. The van der Waals surface area contributed by atoms with Crippen molar-refractivity contribution in [1.82, 2.24) is 15.2 Å². The van der Waals surface area contributed by atoms with E-state index >= 15 is 0 Å². The third-order valence-corrected chi connectivity index (χ3v) is 10.1. The summed E-state index contributed by atoms with van der Waals surface area (Å²) in [7, 11) is 0. The number of aryl methyl sites for hydroxylation is 3. The largest absolute Gasteiger partial charge is 0.446 e. The second kappa shape index (κ2) is 15.7. The van der Waals surface area contributed by atoms with E-state index in [1.165, 1.54) is 12.8 Å². The van der Waals surface area contributed by atoms with Crippen LogP contribution in [0.2, 0.25) is 0 Å². The van der Waals surface area contributed by atoms with Crippen molar-refractivity contribution in [3.63, 3.8) is 0 Å². The van der Waals surface area contributed by atoms with Gasteiger partial charge in [-0.15, -0.1) is 0 Å². The number of nitrogens with zero attached hydrogens (tertiary/aromatic N) is 2. The van der Waals surface area contributed by atoms with Gasteiger partial charge in [0.25, 0.3) is 0 Å². The summed E-state index contributed by atoms with van der Waals surface area (Å²) >= 11 is 0. The molecule has 1 aliphatic carbocycles. The summed E-state index contributed by atoms with van der Waals surface area (Å²) in [4.78, 5) is 47.1. The highest BCUT2D eigenvalue weighted by Gasteiger charge is 2.41. The van der Waals surface area contributed by atoms with Crippen LogP contribution >= 0.6 is 0 Å². The Bertz CT molecular complexity index is 1560. The van der Waals surface area contributed by atoms with Gasteiger partial charge in [-0.05, 0) is 76.3 Å². The Balaban J connectivity index is 1.31. The maximum absolute atomic E-state index is 13.8. The summed E-state index contributed by atoms with van der Waals surface area (Å²) in [5.74, 6) is 1.81. The van der Waals surface area contributed by atoms with Crippen molar-refractivity contribution in [3.05, 3.63) is 88.6 Å². The van der Waals surface area contributed by atoms with Crippen LogP contribution < -0.4 is 5.32 Å². The minimum Gasteiger partial charge on any atom is -0.446 e. The third-order valence-electron chi connectivity index (χ3n) is 10.1. The monoisotopic (exact) mass is 655 g/mol. The molecular formula is C40H53N3O5. The number of fused-ring (bicyclic) bond motifs is 1. The number of carbonyl (C=O) groups excluding carboxylic acids is 3. The second-order valence-corrected chi connectivity index (χ2v) is 15.1. The molecule has 2 fully saturated rings. The van der Waals surface area contributed by atoms with E-state index in [1.54, 1.807) is 31.2 Å². The number of hydrogen-bond acceptors (Lipinski definition) is 7. The van der Waals surface area contributed by atoms with Gasteiger partial charge in [0, 0.05) is 55.9 Å². The maximum atomic E-state index is 13.8. The van der Waals surface area contributed by atoms with E-state index in [-0.39, 0.29) is 47.8 Å². The van der Waals surface area contributed by atoms with Crippen LogP contribution in [0.3, 0.4) is 0 Å². The van der Waals surface area contributed by atoms with Gasteiger partial charge in [0.1, 0.15) is 5.76 Å². The zero-order chi connectivity index (χ0) is 34.4. The lowest BCUT2D eigenvalue weighted by molar-refractivity contribution is -0.132. The number of piperidine rings is 1. The number of carbonyl (C=O) groups is 3. The van der Waals surface area contributed by atoms with Crippen molar-refractivity contribution >= 4 is 17.5 Å². The van der Waals surface area contributed by atoms with E-state index in [0.717, 1.165) is 37.1 Å². The molecule has 5 atom stereocenters. The number of nitrogens with one attached hydrogen (secondary N) is 1. The predicted octanol–water partition coefficient (Wildman–Crippen LogP) is 6.69. The Morgan fingerprint density at radius 3 is 2.33 bits per heavy atom. The number of aliphatic hydroxyl groups excluding tert-OH is 1. The summed E-state index contributed by atoms with van der Waals surface area (Å²) in [6.45, 7) is 10.8. The van der Waals surface area contributed by atoms with Gasteiger partial charge < -0.3 is 14.8 Å². The Morgan fingerprint density at radius 1 is 0.979 bits per heavy atom. The van der Waals surface area contributed by atoms with Gasteiger partial charge in [-0.2, -0.15) is 0 Å². The van der Waals surface area contributed by atoms with Gasteiger partial charge in [-0.25, -0.2) is 4.98 Å². The molecule has 0 bridgehead atoms.